The zero-order chi connectivity index (χ0) is 16.1. The third kappa shape index (κ3) is 3.96. The predicted molar refractivity (Wildman–Crippen MR) is 92.3 cm³/mol. The average Bonchev–Trinajstić information content (AvgIpc) is 3.23. The van der Waals surface area contributed by atoms with Crippen molar-refractivity contribution in [3.63, 3.8) is 0 Å². The van der Waals surface area contributed by atoms with Crippen LogP contribution >= 0.6 is 23.1 Å². The van der Waals surface area contributed by atoms with Gasteiger partial charge in [0.15, 0.2) is 0 Å². The van der Waals surface area contributed by atoms with Gasteiger partial charge in [-0.15, -0.1) is 11.3 Å². The predicted octanol–water partition coefficient (Wildman–Crippen LogP) is 2.72. The second kappa shape index (κ2) is 7.38. The van der Waals surface area contributed by atoms with Crippen molar-refractivity contribution >= 4 is 29.0 Å². The number of hydrogen-bond donors (Lipinski definition) is 2. The Balaban J connectivity index is 1.61. The number of H-pyrrole nitrogens is 1. The van der Waals surface area contributed by atoms with Crippen LogP contribution in [0.4, 0.5) is 0 Å². The van der Waals surface area contributed by atoms with E-state index in [0.717, 1.165) is 22.0 Å². The van der Waals surface area contributed by atoms with Crippen LogP contribution in [0.5, 0.6) is 0 Å². The maximum atomic E-state index is 12.2. The molecule has 0 aliphatic rings. The lowest BCUT2D eigenvalue weighted by Gasteiger charge is -2.00. The van der Waals surface area contributed by atoms with Gasteiger partial charge in [-0.2, -0.15) is 16.9 Å². The minimum Gasteiger partial charge on any atom is -0.345 e. The molecule has 23 heavy (non-hydrogen) atoms. The summed E-state index contributed by atoms with van der Waals surface area (Å²) in [7, 11) is 0. The van der Waals surface area contributed by atoms with E-state index in [9.17, 15) is 4.79 Å². The third-order valence-corrected chi connectivity index (χ3v) is 4.74. The number of thiazole rings is 1. The zero-order valence-corrected chi connectivity index (χ0v) is 14.1. The van der Waals surface area contributed by atoms with Gasteiger partial charge in [0, 0.05) is 29.1 Å². The molecule has 0 radical (unpaired) electrons. The SMILES string of the molecule is CSCc1nc(CNC(=O)c2cc(-c3ccncc3)n[nH]2)cs1. The van der Waals surface area contributed by atoms with Crippen molar-refractivity contribution in [3.05, 3.63) is 52.4 Å². The van der Waals surface area contributed by atoms with Crippen LogP contribution in [-0.2, 0) is 12.3 Å². The van der Waals surface area contributed by atoms with Crippen LogP contribution in [0.2, 0.25) is 0 Å². The van der Waals surface area contributed by atoms with Crippen molar-refractivity contribution in [1.29, 1.82) is 0 Å². The molecule has 3 aromatic rings. The van der Waals surface area contributed by atoms with E-state index in [1.165, 1.54) is 0 Å². The Morgan fingerprint density at radius 1 is 1.39 bits per heavy atom. The van der Waals surface area contributed by atoms with Crippen molar-refractivity contribution in [2.75, 3.05) is 6.26 Å². The van der Waals surface area contributed by atoms with Crippen LogP contribution in [0, 0.1) is 0 Å². The van der Waals surface area contributed by atoms with Crippen LogP contribution in [0.25, 0.3) is 11.3 Å². The number of nitrogens with zero attached hydrogens (tertiary/aromatic N) is 3. The van der Waals surface area contributed by atoms with Gasteiger partial charge in [-0.05, 0) is 24.5 Å². The molecule has 0 aliphatic heterocycles. The first-order valence-corrected chi connectivity index (χ1v) is 9.20. The Labute approximate surface area is 141 Å². The van der Waals surface area contributed by atoms with Gasteiger partial charge in [0.2, 0.25) is 0 Å². The average molecular weight is 345 g/mol. The van der Waals surface area contributed by atoms with E-state index in [2.05, 4.69) is 25.5 Å². The Hall–Kier alpha value is -2.19. The number of aromatic nitrogens is 4. The fourth-order valence-corrected chi connectivity index (χ4v) is 3.51. The summed E-state index contributed by atoms with van der Waals surface area (Å²) in [5, 5.41) is 12.8. The van der Waals surface area contributed by atoms with Gasteiger partial charge in [0.1, 0.15) is 10.7 Å². The normalized spacial score (nSPS) is 10.7. The molecule has 118 valence electrons. The first-order chi connectivity index (χ1) is 11.3. The molecule has 0 saturated heterocycles. The Morgan fingerprint density at radius 3 is 3.00 bits per heavy atom. The van der Waals surface area contributed by atoms with Gasteiger partial charge in [-0.3, -0.25) is 14.9 Å². The summed E-state index contributed by atoms with van der Waals surface area (Å²) in [6.07, 6.45) is 5.43. The van der Waals surface area contributed by atoms with Crippen molar-refractivity contribution in [3.8, 4) is 11.3 Å². The number of carbonyl (C=O) groups is 1. The van der Waals surface area contributed by atoms with Gasteiger partial charge < -0.3 is 5.32 Å². The van der Waals surface area contributed by atoms with E-state index in [1.807, 2.05) is 23.8 Å². The molecular weight excluding hydrogens is 330 g/mol. The molecule has 2 N–H and O–H groups in total. The number of aromatic amines is 1. The van der Waals surface area contributed by atoms with Gasteiger partial charge in [0.05, 0.1) is 17.9 Å². The smallest absolute Gasteiger partial charge is 0.269 e. The summed E-state index contributed by atoms with van der Waals surface area (Å²) >= 11 is 3.35. The first-order valence-electron chi connectivity index (χ1n) is 6.92. The molecule has 0 saturated carbocycles. The van der Waals surface area contributed by atoms with Gasteiger partial charge in [0.25, 0.3) is 5.91 Å². The zero-order valence-electron chi connectivity index (χ0n) is 12.4. The minimum absolute atomic E-state index is 0.197. The molecule has 0 bridgehead atoms. The van der Waals surface area contributed by atoms with E-state index < -0.39 is 0 Å². The van der Waals surface area contributed by atoms with Crippen molar-refractivity contribution in [1.82, 2.24) is 25.5 Å². The van der Waals surface area contributed by atoms with Crippen LogP contribution < -0.4 is 5.32 Å². The quantitative estimate of drug-likeness (QED) is 0.718. The summed E-state index contributed by atoms with van der Waals surface area (Å²) in [5.74, 6) is 0.700. The Morgan fingerprint density at radius 2 is 2.22 bits per heavy atom. The Kier molecular flexibility index (Phi) is 5.04. The fraction of sp³-hybridized carbons (Fsp3) is 0.200. The lowest BCUT2D eigenvalue weighted by atomic mass is 10.2. The van der Waals surface area contributed by atoms with Crippen LogP contribution in [0.1, 0.15) is 21.2 Å². The monoisotopic (exact) mass is 345 g/mol. The topological polar surface area (TPSA) is 83.6 Å². The fourth-order valence-electron chi connectivity index (χ4n) is 1.99. The van der Waals surface area contributed by atoms with Crippen LogP contribution in [0.3, 0.4) is 0 Å². The van der Waals surface area contributed by atoms with Crippen molar-refractivity contribution < 1.29 is 4.79 Å². The molecule has 0 spiro atoms. The van der Waals surface area contributed by atoms with E-state index in [0.29, 0.717) is 17.9 Å². The highest BCUT2D eigenvalue weighted by atomic mass is 32.2. The van der Waals surface area contributed by atoms with Gasteiger partial charge in [-0.25, -0.2) is 4.98 Å². The van der Waals surface area contributed by atoms with E-state index in [4.69, 9.17) is 0 Å². The molecule has 3 heterocycles. The third-order valence-electron chi connectivity index (χ3n) is 3.10. The molecule has 0 aliphatic carbocycles. The summed E-state index contributed by atoms with van der Waals surface area (Å²) in [6.45, 7) is 0.410. The number of nitrogens with one attached hydrogen (secondary N) is 2. The van der Waals surface area contributed by atoms with Crippen molar-refractivity contribution in [2.24, 2.45) is 0 Å². The summed E-state index contributed by atoms with van der Waals surface area (Å²) in [4.78, 5) is 20.6. The molecule has 1 amide bonds. The van der Waals surface area contributed by atoms with Crippen LogP contribution in [0.15, 0.2) is 36.0 Å². The number of pyridine rings is 1. The standard InChI is InChI=1S/C15H15N5OS2/c1-22-9-14-18-11(8-23-14)7-17-15(21)13-6-12(19-20-13)10-2-4-16-5-3-10/h2-6,8H,7,9H2,1H3,(H,17,21)(H,19,20). The number of amides is 1. The molecular formula is C15H15N5OS2. The highest BCUT2D eigenvalue weighted by Gasteiger charge is 2.11. The summed E-state index contributed by atoms with van der Waals surface area (Å²) in [5.41, 5.74) is 2.93. The van der Waals surface area contributed by atoms with E-state index in [1.54, 1.807) is 41.6 Å². The summed E-state index contributed by atoms with van der Waals surface area (Å²) in [6, 6.07) is 5.42. The number of carbonyl (C=O) groups excluding carboxylic acids is 1. The minimum atomic E-state index is -0.197. The van der Waals surface area contributed by atoms with E-state index in [-0.39, 0.29) is 5.91 Å². The van der Waals surface area contributed by atoms with Crippen molar-refractivity contribution in [2.45, 2.75) is 12.3 Å². The number of thioether (sulfide) groups is 1. The molecule has 6 nitrogen and oxygen atoms in total. The number of rotatable bonds is 6. The maximum absolute atomic E-state index is 12.2. The first kappa shape index (κ1) is 15.7. The van der Waals surface area contributed by atoms with E-state index >= 15 is 0 Å². The summed E-state index contributed by atoms with van der Waals surface area (Å²) < 4.78 is 0. The molecule has 8 heteroatoms. The molecule has 0 unspecified atom stereocenters. The van der Waals surface area contributed by atoms with Gasteiger partial charge >= 0.3 is 0 Å². The number of hydrogen-bond acceptors (Lipinski definition) is 6. The molecule has 3 aromatic heterocycles. The largest absolute Gasteiger partial charge is 0.345 e. The van der Waals surface area contributed by atoms with Gasteiger partial charge in [-0.1, -0.05) is 0 Å². The highest BCUT2D eigenvalue weighted by molar-refractivity contribution is 7.97. The highest BCUT2D eigenvalue weighted by Crippen LogP contribution is 2.17. The second-order valence-electron chi connectivity index (χ2n) is 4.75. The molecule has 0 atom stereocenters. The lowest BCUT2D eigenvalue weighted by molar-refractivity contribution is 0.0945. The maximum Gasteiger partial charge on any atom is 0.269 e. The molecule has 3 rings (SSSR count). The Bertz CT molecular complexity index is 784. The second-order valence-corrected chi connectivity index (χ2v) is 6.56. The van der Waals surface area contributed by atoms with Crippen LogP contribution in [-0.4, -0.2) is 32.3 Å². The molecule has 0 fully saturated rings. The lowest BCUT2D eigenvalue weighted by Crippen LogP contribution is -2.23. The molecule has 0 aromatic carbocycles.